The third-order valence-electron chi connectivity index (χ3n) is 3.24. The molecule has 19 heavy (non-hydrogen) atoms. The molecular formula is C14H19N2O2S+. The number of fused-ring (bicyclic) bond motifs is 1. The summed E-state index contributed by atoms with van der Waals surface area (Å²) in [5.74, 6) is 0.0333. The molecule has 0 saturated heterocycles. The lowest BCUT2D eigenvalue weighted by molar-refractivity contribution is -0.646. The predicted molar refractivity (Wildman–Crippen MR) is 77.6 cm³/mol. The first kappa shape index (κ1) is 14.0. The predicted octanol–water partition coefficient (Wildman–Crippen LogP) is 2.03. The van der Waals surface area contributed by atoms with Gasteiger partial charge in [-0.3, -0.25) is 4.79 Å². The number of methoxy groups -OCH3 is 1. The van der Waals surface area contributed by atoms with Crippen molar-refractivity contribution in [1.29, 1.82) is 0 Å². The van der Waals surface area contributed by atoms with Gasteiger partial charge < -0.3 is 9.64 Å². The van der Waals surface area contributed by atoms with Crippen LogP contribution in [0.1, 0.15) is 11.9 Å². The van der Waals surface area contributed by atoms with Crippen molar-refractivity contribution >= 4 is 33.1 Å². The number of ether oxygens (including phenoxy) is 1. The van der Waals surface area contributed by atoms with E-state index in [1.807, 2.05) is 13.1 Å². The number of aromatic nitrogens is 1. The smallest absolute Gasteiger partial charge is 0.234 e. The fourth-order valence-corrected chi connectivity index (χ4v) is 3.06. The monoisotopic (exact) mass is 279 g/mol. The highest BCUT2D eigenvalue weighted by atomic mass is 32.1. The second kappa shape index (κ2) is 5.67. The number of hydrogen-bond acceptors (Lipinski definition) is 3. The molecule has 5 heteroatoms. The van der Waals surface area contributed by atoms with Crippen LogP contribution in [-0.2, 0) is 16.6 Å². The zero-order chi connectivity index (χ0) is 14.0. The Labute approximate surface area is 117 Å². The zero-order valence-corrected chi connectivity index (χ0v) is 12.6. The summed E-state index contributed by atoms with van der Waals surface area (Å²) in [5, 5.41) is 1.25. The van der Waals surface area contributed by atoms with E-state index >= 15 is 0 Å². The van der Waals surface area contributed by atoms with Crippen molar-refractivity contribution in [2.24, 2.45) is 7.05 Å². The highest BCUT2D eigenvalue weighted by molar-refractivity contribution is 7.18. The van der Waals surface area contributed by atoms with Gasteiger partial charge in [0.15, 0.2) is 0 Å². The number of aryl methyl sites for hydroxylation is 2. The summed E-state index contributed by atoms with van der Waals surface area (Å²) >= 11 is 1.76. The minimum Gasteiger partial charge on any atom is -0.383 e. The van der Waals surface area contributed by atoms with Crippen molar-refractivity contribution in [1.82, 2.24) is 0 Å². The molecule has 0 spiro atoms. The third-order valence-corrected chi connectivity index (χ3v) is 4.38. The van der Waals surface area contributed by atoms with Gasteiger partial charge in [0.1, 0.15) is 11.7 Å². The SMILES string of the molecule is COCCN(C(C)=O)c1ccc2sc(C)[n+](C)c2c1. The summed E-state index contributed by atoms with van der Waals surface area (Å²) < 4.78 is 8.45. The maximum Gasteiger partial charge on any atom is 0.234 e. The van der Waals surface area contributed by atoms with Gasteiger partial charge in [0.25, 0.3) is 0 Å². The van der Waals surface area contributed by atoms with Crippen molar-refractivity contribution in [2.45, 2.75) is 13.8 Å². The molecule has 0 aliphatic carbocycles. The standard InChI is InChI=1S/C14H19N2O2S/c1-10(17)16(7-8-18-4)12-5-6-14-13(9-12)15(3)11(2)19-14/h5-6,9H,7-8H2,1-4H3/q+1. The summed E-state index contributed by atoms with van der Waals surface area (Å²) in [5.41, 5.74) is 2.08. The number of carbonyl (C=O) groups excluding carboxylic acids is 1. The van der Waals surface area contributed by atoms with Crippen LogP contribution in [0, 0.1) is 6.92 Å². The van der Waals surface area contributed by atoms with Crippen molar-refractivity contribution in [3.05, 3.63) is 23.2 Å². The van der Waals surface area contributed by atoms with Gasteiger partial charge in [-0.1, -0.05) is 11.3 Å². The molecule has 2 rings (SSSR count). The summed E-state index contributed by atoms with van der Waals surface area (Å²) in [6, 6.07) is 6.14. The number of hydrogen-bond donors (Lipinski definition) is 0. The van der Waals surface area contributed by atoms with Crippen molar-refractivity contribution < 1.29 is 14.1 Å². The van der Waals surface area contributed by atoms with E-state index in [1.54, 1.807) is 30.3 Å². The molecular weight excluding hydrogens is 260 g/mol. The van der Waals surface area contributed by atoms with Gasteiger partial charge in [-0.05, 0) is 12.1 Å². The average Bonchev–Trinajstić information content (AvgIpc) is 2.66. The topological polar surface area (TPSA) is 33.4 Å². The molecule has 0 bridgehead atoms. The second-order valence-corrected chi connectivity index (χ2v) is 5.73. The lowest BCUT2D eigenvalue weighted by Crippen LogP contribution is -2.32. The van der Waals surface area contributed by atoms with Crippen molar-refractivity contribution in [3.8, 4) is 0 Å². The maximum atomic E-state index is 11.7. The van der Waals surface area contributed by atoms with E-state index in [0.717, 1.165) is 11.2 Å². The molecule has 102 valence electrons. The van der Waals surface area contributed by atoms with Crippen molar-refractivity contribution in [2.75, 3.05) is 25.2 Å². The van der Waals surface area contributed by atoms with Gasteiger partial charge in [-0.25, -0.2) is 0 Å². The summed E-state index contributed by atoms with van der Waals surface area (Å²) in [7, 11) is 3.69. The van der Waals surface area contributed by atoms with Crippen LogP contribution >= 0.6 is 11.3 Å². The van der Waals surface area contributed by atoms with Gasteiger partial charge in [-0.2, -0.15) is 4.57 Å². The molecule has 1 amide bonds. The molecule has 1 aromatic carbocycles. The van der Waals surface area contributed by atoms with E-state index in [2.05, 4.69) is 23.6 Å². The molecule has 0 atom stereocenters. The molecule has 0 unspecified atom stereocenters. The lowest BCUT2D eigenvalue weighted by atomic mass is 10.2. The third kappa shape index (κ3) is 2.77. The highest BCUT2D eigenvalue weighted by Gasteiger charge is 2.17. The van der Waals surface area contributed by atoms with Gasteiger partial charge in [-0.15, -0.1) is 0 Å². The molecule has 2 aromatic rings. The number of thiazole rings is 1. The van der Waals surface area contributed by atoms with Crippen LogP contribution in [-0.4, -0.2) is 26.2 Å². The lowest BCUT2D eigenvalue weighted by Gasteiger charge is -2.20. The van der Waals surface area contributed by atoms with Crippen LogP contribution in [0.15, 0.2) is 18.2 Å². The first-order valence-electron chi connectivity index (χ1n) is 6.21. The number of amides is 1. The minimum atomic E-state index is 0.0333. The van der Waals surface area contributed by atoms with Crippen LogP contribution in [0.5, 0.6) is 0 Å². The number of rotatable bonds is 4. The van der Waals surface area contributed by atoms with Crippen LogP contribution in [0.25, 0.3) is 10.2 Å². The Kier molecular flexibility index (Phi) is 4.17. The molecule has 0 N–H and O–H groups in total. The Bertz CT molecular complexity index is 607. The van der Waals surface area contributed by atoms with Crippen LogP contribution in [0.2, 0.25) is 0 Å². The molecule has 0 aliphatic heterocycles. The summed E-state index contributed by atoms with van der Waals surface area (Å²) in [6.45, 7) is 4.79. The second-order valence-electron chi connectivity index (χ2n) is 4.50. The minimum absolute atomic E-state index is 0.0333. The fourth-order valence-electron chi connectivity index (χ4n) is 2.07. The molecule has 0 aliphatic rings. The molecule has 0 radical (unpaired) electrons. The molecule has 1 heterocycles. The van der Waals surface area contributed by atoms with Crippen LogP contribution in [0.3, 0.4) is 0 Å². The summed E-state index contributed by atoms with van der Waals surface area (Å²) in [4.78, 5) is 13.5. The highest BCUT2D eigenvalue weighted by Crippen LogP contribution is 2.25. The Morgan fingerprint density at radius 3 is 2.84 bits per heavy atom. The van der Waals surface area contributed by atoms with Crippen LogP contribution in [0.4, 0.5) is 5.69 Å². The van der Waals surface area contributed by atoms with Gasteiger partial charge in [0, 0.05) is 33.6 Å². The number of anilines is 1. The molecule has 4 nitrogen and oxygen atoms in total. The van der Waals surface area contributed by atoms with Gasteiger partial charge in [0.2, 0.25) is 16.4 Å². The van der Waals surface area contributed by atoms with E-state index in [0.29, 0.717) is 13.2 Å². The number of nitrogens with zero attached hydrogens (tertiary/aromatic N) is 2. The first-order chi connectivity index (χ1) is 9.04. The Balaban J connectivity index is 2.42. The molecule has 0 saturated carbocycles. The Hall–Kier alpha value is -1.46. The van der Waals surface area contributed by atoms with E-state index in [9.17, 15) is 4.79 Å². The van der Waals surface area contributed by atoms with E-state index in [4.69, 9.17) is 4.74 Å². The first-order valence-corrected chi connectivity index (χ1v) is 7.02. The number of benzene rings is 1. The van der Waals surface area contributed by atoms with E-state index in [1.165, 1.54) is 9.71 Å². The number of carbonyl (C=O) groups is 1. The normalized spacial score (nSPS) is 10.9. The molecule has 1 aromatic heterocycles. The zero-order valence-electron chi connectivity index (χ0n) is 11.8. The van der Waals surface area contributed by atoms with Crippen molar-refractivity contribution in [3.63, 3.8) is 0 Å². The quantitative estimate of drug-likeness (QED) is 0.802. The van der Waals surface area contributed by atoms with Gasteiger partial charge >= 0.3 is 0 Å². The largest absolute Gasteiger partial charge is 0.383 e. The molecule has 0 fully saturated rings. The van der Waals surface area contributed by atoms with Crippen LogP contribution < -0.4 is 9.47 Å². The van der Waals surface area contributed by atoms with Gasteiger partial charge in [0.05, 0.1) is 12.3 Å². The Morgan fingerprint density at radius 1 is 1.47 bits per heavy atom. The fraction of sp³-hybridized carbons (Fsp3) is 0.429. The summed E-state index contributed by atoms with van der Waals surface area (Å²) in [6.07, 6.45) is 0. The van der Waals surface area contributed by atoms with E-state index in [-0.39, 0.29) is 5.91 Å². The Morgan fingerprint density at radius 2 is 2.21 bits per heavy atom. The average molecular weight is 279 g/mol. The maximum absolute atomic E-state index is 11.7. The van der Waals surface area contributed by atoms with E-state index < -0.39 is 0 Å².